The molecule has 0 saturated carbocycles. The lowest BCUT2D eigenvalue weighted by Crippen LogP contribution is -2.20. The summed E-state index contributed by atoms with van der Waals surface area (Å²) < 4.78 is 13.3. The van der Waals surface area contributed by atoms with Crippen LogP contribution >= 0.6 is 0 Å². The van der Waals surface area contributed by atoms with Crippen molar-refractivity contribution in [3.63, 3.8) is 0 Å². The number of ether oxygens (including phenoxy) is 2. The number of imidazole rings is 1. The van der Waals surface area contributed by atoms with Gasteiger partial charge in [0.2, 0.25) is 0 Å². The first-order valence-corrected chi connectivity index (χ1v) is 11.0. The van der Waals surface area contributed by atoms with E-state index in [1.807, 2.05) is 18.2 Å². The number of unbranched alkanes of at least 4 members (excludes halogenated alkanes) is 2. The number of nitrogens with zero attached hydrogens (tertiary/aromatic N) is 3. The van der Waals surface area contributed by atoms with Crippen LogP contribution < -0.4 is 13.9 Å². The van der Waals surface area contributed by atoms with E-state index in [9.17, 15) is 10.1 Å². The Morgan fingerprint density at radius 3 is 2.70 bits per heavy atom. The zero-order chi connectivity index (χ0) is 22.9. The summed E-state index contributed by atoms with van der Waals surface area (Å²) in [7, 11) is 1.61. The minimum atomic E-state index is 0.329. The third kappa shape index (κ3) is 3.63. The van der Waals surface area contributed by atoms with Crippen molar-refractivity contribution in [3.8, 4) is 22.9 Å². The molecule has 3 aromatic carbocycles. The molecule has 2 heterocycles. The van der Waals surface area contributed by atoms with E-state index in [1.54, 1.807) is 43.5 Å². The first kappa shape index (κ1) is 20.8. The first-order chi connectivity index (χ1) is 16.1. The fourth-order valence-electron chi connectivity index (χ4n) is 4.05. The second kappa shape index (κ2) is 8.46. The van der Waals surface area contributed by atoms with Crippen LogP contribution in [0.3, 0.4) is 0 Å². The summed E-state index contributed by atoms with van der Waals surface area (Å²) in [5.41, 5.74) is 3.67. The van der Waals surface area contributed by atoms with Gasteiger partial charge in [0.05, 0.1) is 29.2 Å². The van der Waals surface area contributed by atoms with Crippen LogP contribution in [0.15, 0.2) is 54.6 Å². The quantitative estimate of drug-likeness (QED) is 0.158. The molecular weight excluding hydrogens is 420 g/mol. The highest BCUT2D eigenvalue weighted by Gasteiger charge is 2.20. The van der Waals surface area contributed by atoms with E-state index in [0.717, 1.165) is 34.0 Å². The van der Waals surface area contributed by atoms with E-state index in [0.29, 0.717) is 57.0 Å². The van der Waals surface area contributed by atoms with Gasteiger partial charge in [0.25, 0.3) is 11.0 Å². The van der Waals surface area contributed by atoms with E-state index in [4.69, 9.17) is 9.47 Å². The van der Waals surface area contributed by atoms with Gasteiger partial charge in [-0.3, -0.25) is 0 Å². The number of H-pyrrole nitrogens is 1. The molecule has 0 bridgehead atoms. The second-order valence-corrected chi connectivity index (χ2v) is 7.96. The number of para-hydroxylation sites is 2. The number of aromatic amines is 1. The molecule has 2 N–H and O–H groups in total. The Morgan fingerprint density at radius 2 is 1.88 bits per heavy atom. The molecule has 0 amide bonds. The average molecular weight is 445 g/mol. The monoisotopic (exact) mass is 445 g/mol. The van der Waals surface area contributed by atoms with Gasteiger partial charge in [0.1, 0.15) is 5.82 Å². The largest absolute Gasteiger partial charge is 0.493 e. The number of hydrogen-bond donors (Lipinski definition) is 2. The predicted molar refractivity (Wildman–Crippen MR) is 127 cm³/mol. The Bertz CT molecular complexity index is 1540. The summed E-state index contributed by atoms with van der Waals surface area (Å²) >= 11 is 0. The smallest absolute Gasteiger partial charge is 0.292 e. The van der Waals surface area contributed by atoms with Crippen LogP contribution in [-0.4, -0.2) is 33.6 Å². The zero-order valence-corrected chi connectivity index (χ0v) is 18.5. The molecule has 5 aromatic rings. The number of benzene rings is 3. The van der Waals surface area contributed by atoms with E-state index >= 15 is 0 Å². The van der Waals surface area contributed by atoms with E-state index in [-0.39, 0.29) is 0 Å². The standard InChI is InChI=1S/C25H25N4O4/c1-3-4-7-12-33-23-11-10-16(13-24(23)32-2)25-26-17-14-21-22(15-18(17)27-25)29(31)20-9-6-5-8-19(20)28(21)30/h5-6,8-11,13-15,30H,3-4,7,12H2,1-2H3,(H,26,27)/q+1. The molecule has 0 atom stereocenters. The molecular formula is C25H25N4O4+. The highest BCUT2D eigenvalue weighted by molar-refractivity contribution is 5.93. The SMILES string of the molecule is CCCCCOc1ccc(-c2nc3cc4c(cc3[nH]2)n(O)c2ccccc2[n+]4=O)cc1OC. The fourth-order valence-corrected chi connectivity index (χ4v) is 4.05. The fraction of sp³-hybridized carbons (Fsp3) is 0.240. The second-order valence-electron chi connectivity index (χ2n) is 7.96. The van der Waals surface area contributed by atoms with Gasteiger partial charge in [-0.1, -0.05) is 31.9 Å². The summed E-state index contributed by atoms with van der Waals surface area (Å²) in [5.74, 6) is 1.95. The van der Waals surface area contributed by atoms with Gasteiger partial charge in [0.15, 0.2) is 22.5 Å². The van der Waals surface area contributed by atoms with E-state index in [2.05, 4.69) is 16.9 Å². The summed E-state index contributed by atoms with van der Waals surface area (Å²) in [6, 6.07) is 16.0. The minimum absolute atomic E-state index is 0.329. The molecule has 8 nitrogen and oxygen atoms in total. The molecule has 0 fully saturated rings. The summed E-state index contributed by atoms with van der Waals surface area (Å²) in [4.78, 5) is 20.9. The van der Waals surface area contributed by atoms with Crippen molar-refractivity contribution in [1.82, 2.24) is 14.7 Å². The van der Waals surface area contributed by atoms with Gasteiger partial charge in [-0.2, -0.15) is 4.73 Å². The molecule has 0 radical (unpaired) electrons. The van der Waals surface area contributed by atoms with Crippen LogP contribution in [0.4, 0.5) is 0 Å². The van der Waals surface area contributed by atoms with Gasteiger partial charge < -0.3 is 19.7 Å². The normalized spacial score (nSPS) is 11.5. The molecule has 2 aromatic heterocycles. The average Bonchev–Trinajstić information content (AvgIpc) is 3.27. The van der Waals surface area contributed by atoms with Crippen molar-refractivity contribution in [3.05, 3.63) is 59.5 Å². The zero-order valence-electron chi connectivity index (χ0n) is 18.5. The molecule has 0 unspecified atom stereocenters. The van der Waals surface area contributed by atoms with Crippen LogP contribution in [0.25, 0.3) is 44.5 Å². The molecule has 0 spiro atoms. The number of rotatable bonds is 7. The summed E-state index contributed by atoms with van der Waals surface area (Å²) in [6.07, 6.45) is 3.26. The topological polar surface area (TPSA) is 95.3 Å². The summed E-state index contributed by atoms with van der Waals surface area (Å²) in [5, 5.41) is 10.7. The van der Waals surface area contributed by atoms with Gasteiger partial charge in [0, 0.05) is 22.6 Å². The van der Waals surface area contributed by atoms with Crippen LogP contribution in [0.5, 0.6) is 11.5 Å². The molecule has 0 aliphatic heterocycles. The predicted octanol–water partition coefficient (Wildman–Crippen LogP) is 5.07. The maximum atomic E-state index is 12.9. The number of hydrogen-bond acceptors (Lipinski definition) is 5. The molecule has 8 heteroatoms. The number of fused-ring (bicyclic) bond motifs is 3. The lowest BCUT2D eigenvalue weighted by atomic mass is 10.2. The molecule has 0 aliphatic rings. The van der Waals surface area contributed by atoms with Crippen molar-refractivity contribution >= 4 is 33.1 Å². The minimum Gasteiger partial charge on any atom is -0.493 e. The Balaban J connectivity index is 1.57. The third-order valence-corrected chi connectivity index (χ3v) is 5.80. The van der Waals surface area contributed by atoms with Crippen molar-refractivity contribution in [2.45, 2.75) is 26.2 Å². The Morgan fingerprint density at radius 1 is 1.03 bits per heavy atom. The van der Waals surface area contributed by atoms with Gasteiger partial charge in [-0.15, -0.1) is 0 Å². The highest BCUT2D eigenvalue weighted by atomic mass is 16.5. The molecule has 168 valence electrons. The maximum Gasteiger partial charge on any atom is 0.292 e. The molecule has 33 heavy (non-hydrogen) atoms. The molecule has 0 aliphatic carbocycles. The van der Waals surface area contributed by atoms with Gasteiger partial charge in [-0.25, -0.2) is 4.98 Å². The number of nitrogens with one attached hydrogen (secondary N) is 1. The number of methoxy groups -OCH3 is 1. The molecule has 5 rings (SSSR count). The van der Waals surface area contributed by atoms with Gasteiger partial charge >= 0.3 is 0 Å². The van der Waals surface area contributed by atoms with Crippen LogP contribution in [-0.2, 0) is 0 Å². The first-order valence-electron chi connectivity index (χ1n) is 11.0. The van der Waals surface area contributed by atoms with Crippen molar-refractivity contribution in [1.29, 1.82) is 0 Å². The van der Waals surface area contributed by atoms with Gasteiger partial charge in [-0.05, 0) is 36.8 Å². The Labute approximate surface area is 189 Å². The van der Waals surface area contributed by atoms with Crippen LogP contribution in [0.2, 0.25) is 0 Å². The Kier molecular flexibility index (Phi) is 5.34. The van der Waals surface area contributed by atoms with Crippen molar-refractivity contribution in [2.75, 3.05) is 13.7 Å². The third-order valence-electron chi connectivity index (χ3n) is 5.80. The number of aromatic nitrogens is 4. The van der Waals surface area contributed by atoms with Crippen molar-refractivity contribution in [2.24, 2.45) is 0 Å². The lowest BCUT2D eigenvalue weighted by Gasteiger charge is -2.11. The highest BCUT2D eigenvalue weighted by Crippen LogP contribution is 2.33. The summed E-state index contributed by atoms with van der Waals surface area (Å²) in [6.45, 7) is 2.80. The van der Waals surface area contributed by atoms with Crippen LogP contribution in [0.1, 0.15) is 26.2 Å². The Hall–Kier alpha value is -4.07. The van der Waals surface area contributed by atoms with Crippen LogP contribution in [0, 0.1) is 4.91 Å². The maximum absolute atomic E-state index is 12.9. The van der Waals surface area contributed by atoms with Crippen molar-refractivity contribution < 1.29 is 19.1 Å². The lowest BCUT2D eigenvalue weighted by molar-refractivity contribution is -0.433. The van der Waals surface area contributed by atoms with E-state index in [1.165, 1.54) is 0 Å². The van der Waals surface area contributed by atoms with E-state index < -0.39 is 0 Å². The molecule has 0 saturated heterocycles.